The summed E-state index contributed by atoms with van der Waals surface area (Å²) in [6.07, 6.45) is -1.58. The summed E-state index contributed by atoms with van der Waals surface area (Å²) in [4.78, 5) is 0. The topological polar surface area (TPSA) is 234 Å². The summed E-state index contributed by atoms with van der Waals surface area (Å²) in [5, 5.41) is 86.3. The molecule has 14 nitrogen and oxygen atoms in total. The van der Waals surface area contributed by atoms with Crippen LogP contribution in [0.25, 0.3) is 11.1 Å². The number of hydrogen-bond acceptors (Lipinski definition) is 11. The number of nitrogens with two attached hydrogens (primary N) is 2. The van der Waals surface area contributed by atoms with Gasteiger partial charge in [-0.2, -0.15) is 13.4 Å². The van der Waals surface area contributed by atoms with Gasteiger partial charge in [-0.3, -0.25) is 0 Å². The van der Waals surface area contributed by atoms with E-state index in [1.165, 1.54) is 33.4 Å². The quantitative estimate of drug-likeness (QED) is 0.0712. The fourth-order valence-electron chi connectivity index (χ4n) is 5.04. The van der Waals surface area contributed by atoms with Crippen LogP contribution in [-0.4, -0.2) is 126 Å². The maximum absolute atomic E-state index is 9.59. The highest BCUT2D eigenvalue weighted by Crippen LogP contribution is 2.36. The van der Waals surface area contributed by atoms with E-state index in [0.29, 0.717) is 0 Å². The number of nitrogens with zero attached hydrogens (tertiary/aromatic N) is 3. The number of anilines is 2. The number of benzene rings is 2. The lowest BCUT2D eigenvalue weighted by Crippen LogP contribution is -2.83. The molecule has 0 unspecified atom stereocenters. The molecule has 14 heteroatoms. The van der Waals surface area contributed by atoms with Gasteiger partial charge in [0.25, 0.3) is 0 Å². The Morgan fingerprint density at radius 2 is 0.775 bits per heavy atom. The van der Waals surface area contributed by atoms with E-state index in [-0.39, 0.29) is 0 Å². The molecular weight excluding hydrogens is 526 g/mol. The van der Waals surface area contributed by atoms with Gasteiger partial charge in [-0.15, -0.1) is 0 Å². The normalized spacial score (nSPS) is 12.4. The number of quaternary nitrogens is 3. The number of rotatable bonds is 13. The first-order valence-electron chi connectivity index (χ1n) is 12.6. The van der Waals surface area contributed by atoms with Gasteiger partial charge in [0.15, 0.2) is 60.6 Å². The molecule has 0 amide bonds. The van der Waals surface area contributed by atoms with E-state index < -0.39 is 80.3 Å². The average molecular weight is 575 g/mol. The number of aliphatic hydroxyl groups is 9. The van der Waals surface area contributed by atoms with Crippen molar-refractivity contribution in [1.82, 2.24) is 0 Å². The third kappa shape index (κ3) is 6.54. The SMILES string of the molecule is Cc1c(C)c(-c2ccc(N)cc2)c(C)c(C)c1N.OC[N+](CO)(CO)C([N+](CO)(CO)CO)[N+](CO)(CO)CO. The minimum Gasteiger partial charge on any atom is -0.399 e. The average Bonchev–Trinajstić information content (AvgIpc) is 2.99. The Labute approximate surface area is 234 Å². The van der Waals surface area contributed by atoms with Crippen LogP contribution < -0.4 is 11.5 Å². The molecule has 0 bridgehead atoms. The Morgan fingerprint density at radius 3 is 1.02 bits per heavy atom. The van der Waals surface area contributed by atoms with E-state index in [1.807, 2.05) is 12.1 Å². The first kappa shape index (κ1) is 35.6. The van der Waals surface area contributed by atoms with Crippen molar-refractivity contribution in [3.63, 3.8) is 0 Å². The standard InChI is InChI=1S/C16H20N2.C10H28N3O9/c1-9-11(3)16(18)12(4)10(2)15(9)13-5-7-14(17)8-6-13;14-1-11(2-15,3-16)10(12(4-17,5-18)6-19)13(7-20,8-21)9-22/h5-8H,17-18H2,1-4H3;10,14-22H,1-9H2/q;+3. The molecule has 0 aliphatic carbocycles. The van der Waals surface area contributed by atoms with Crippen molar-refractivity contribution in [2.24, 2.45) is 0 Å². The smallest absolute Gasteiger partial charge is 0.360 e. The van der Waals surface area contributed by atoms with Crippen LogP contribution in [0.1, 0.15) is 22.3 Å². The maximum atomic E-state index is 9.59. The highest BCUT2D eigenvalue weighted by molar-refractivity contribution is 5.78. The molecule has 0 spiro atoms. The second-order valence-electron chi connectivity index (χ2n) is 10.2. The fourth-order valence-corrected chi connectivity index (χ4v) is 5.04. The van der Waals surface area contributed by atoms with Crippen LogP contribution in [0.5, 0.6) is 0 Å². The molecule has 0 fully saturated rings. The van der Waals surface area contributed by atoms with Crippen molar-refractivity contribution in [3.05, 3.63) is 46.5 Å². The van der Waals surface area contributed by atoms with Gasteiger partial charge < -0.3 is 57.4 Å². The molecule has 2 rings (SSSR count). The van der Waals surface area contributed by atoms with Crippen LogP contribution in [0.15, 0.2) is 24.3 Å². The van der Waals surface area contributed by atoms with Crippen molar-refractivity contribution >= 4 is 11.4 Å². The van der Waals surface area contributed by atoms with Gasteiger partial charge in [-0.05, 0) is 73.2 Å². The zero-order chi connectivity index (χ0) is 30.9. The van der Waals surface area contributed by atoms with Gasteiger partial charge in [0.1, 0.15) is 0 Å². The highest BCUT2D eigenvalue weighted by atomic mass is 16.4. The van der Waals surface area contributed by atoms with Crippen LogP contribution in [0.3, 0.4) is 0 Å². The van der Waals surface area contributed by atoms with Crippen LogP contribution in [0.2, 0.25) is 0 Å². The third-order valence-corrected chi connectivity index (χ3v) is 7.89. The van der Waals surface area contributed by atoms with Crippen molar-refractivity contribution in [3.8, 4) is 11.1 Å². The first-order valence-corrected chi connectivity index (χ1v) is 12.6. The molecule has 13 N–H and O–H groups in total. The molecule has 0 aliphatic heterocycles. The first-order chi connectivity index (χ1) is 18.8. The number of hydrogen-bond donors (Lipinski definition) is 11. The van der Waals surface area contributed by atoms with Crippen LogP contribution >= 0.6 is 0 Å². The van der Waals surface area contributed by atoms with E-state index in [1.54, 1.807) is 0 Å². The molecule has 0 heterocycles. The Kier molecular flexibility index (Phi) is 13.3. The van der Waals surface area contributed by atoms with Gasteiger partial charge in [-0.25, -0.2) is 0 Å². The van der Waals surface area contributed by atoms with E-state index in [4.69, 9.17) is 11.5 Å². The van der Waals surface area contributed by atoms with E-state index in [2.05, 4.69) is 39.8 Å². The number of aliphatic hydroxyl groups excluding tert-OH is 9. The van der Waals surface area contributed by atoms with Crippen molar-refractivity contribution in [2.75, 3.05) is 72.0 Å². The summed E-state index contributed by atoms with van der Waals surface area (Å²) in [5.74, 6) is 0. The van der Waals surface area contributed by atoms with Crippen molar-refractivity contribution in [1.29, 1.82) is 0 Å². The van der Waals surface area contributed by atoms with Gasteiger partial charge in [0.05, 0.1) is 0 Å². The summed E-state index contributed by atoms with van der Waals surface area (Å²) in [5.41, 5.74) is 20.9. The molecule has 0 aliphatic rings. The minimum atomic E-state index is -1.58. The van der Waals surface area contributed by atoms with Crippen molar-refractivity contribution in [2.45, 2.75) is 34.0 Å². The molecule has 228 valence electrons. The summed E-state index contributed by atoms with van der Waals surface area (Å²) in [7, 11) is 0. The Morgan fingerprint density at radius 1 is 0.500 bits per heavy atom. The van der Waals surface area contributed by atoms with E-state index in [9.17, 15) is 46.0 Å². The maximum Gasteiger partial charge on any atom is 0.360 e. The second kappa shape index (κ2) is 15.0. The lowest BCUT2D eigenvalue weighted by Gasteiger charge is -2.52. The zero-order valence-electron chi connectivity index (χ0n) is 23.8. The predicted molar refractivity (Wildman–Crippen MR) is 148 cm³/mol. The van der Waals surface area contributed by atoms with E-state index >= 15 is 0 Å². The molecule has 2 aromatic rings. The van der Waals surface area contributed by atoms with Gasteiger partial charge >= 0.3 is 6.29 Å². The summed E-state index contributed by atoms with van der Waals surface area (Å²) >= 11 is 0. The molecule has 40 heavy (non-hydrogen) atoms. The van der Waals surface area contributed by atoms with E-state index in [0.717, 1.165) is 11.4 Å². The molecule has 0 radical (unpaired) electrons. The van der Waals surface area contributed by atoms with Crippen LogP contribution in [0, 0.1) is 27.7 Å². The minimum absolute atomic E-state index is 0.790. The van der Waals surface area contributed by atoms with Gasteiger partial charge in [0, 0.05) is 11.4 Å². The predicted octanol–water partition coefficient (Wildman–Crippen LogP) is -1.98. The van der Waals surface area contributed by atoms with Gasteiger partial charge in [-0.1, -0.05) is 12.1 Å². The van der Waals surface area contributed by atoms with Gasteiger partial charge in [0.2, 0.25) is 0 Å². The van der Waals surface area contributed by atoms with Crippen LogP contribution in [0.4, 0.5) is 11.4 Å². The number of nitrogen functional groups attached to an aromatic ring is 2. The second-order valence-corrected chi connectivity index (χ2v) is 10.2. The molecular formula is C26H48N5O9+3. The fraction of sp³-hybridized carbons (Fsp3) is 0.538. The van der Waals surface area contributed by atoms with Crippen molar-refractivity contribution < 1.29 is 59.4 Å². The highest BCUT2D eigenvalue weighted by Gasteiger charge is 2.63. The Hall–Kier alpha value is -2.44. The Balaban J connectivity index is 0.000000406. The van der Waals surface area contributed by atoms with Crippen LogP contribution in [-0.2, 0) is 0 Å². The lowest BCUT2D eigenvalue weighted by atomic mass is 9.88. The molecule has 0 saturated heterocycles. The lowest BCUT2D eigenvalue weighted by molar-refractivity contribution is -1.31. The zero-order valence-corrected chi connectivity index (χ0v) is 23.8. The summed E-state index contributed by atoms with van der Waals surface area (Å²) in [6, 6.07) is 8.02. The molecule has 2 aromatic carbocycles. The summed E-state index contributed by atoms with van der Waals surface area (Å²) in [6.45, 7) is 0.149. The monoisotopic (exact) mass is 574 g/mol. The molecule has 0 atom stereocenters. The molecule has 0 aromatic heterocycles. The Bertz CT molecular complexity index is 972. The largest absolute Gasteiger partial charge is 0.399 e. The third-order valence-electron chi connectivity index (χ3n) is 7.89. The molecule has 0 saturated carbocycles. The summed E-state index contributed by atoms with van der Waals surface area (Å²) < 4.78 is -3.12.